The van der Waals surface area contributed by atoms with Crippen molar-refractivity contribution in [3.8, 4) is 0 Å². The lowest BCUT2D eigenvalue weighted by Crippen LogP contribution is -2.56. The zero-order valence-corrected chi connectivity index (χ0v) is 13.4. The van der Waals surface area contributed by atoms with Crippen molar-refractivity contribution in [3.05, 3.63) is 23.5 Å². The number of aromatic nitrogens is 1. The van der Waals surface area contributed by atoms with E-state index in [1.165, 1.54) is 4.90 Å². The van der Waals surface area contributed by atoms with Crippen molar-refractivity contribution in [1.29, 1.82) is 0 Å². The van der Waals surface area contributed by atoms with Crippen molar-refractivity contribution in [3.63, 3.8) is 0 Å². The summed E-state index contributed by atoms with van der Waals surface area (Å²) in [5.74, 6) is -0.436. The fourth-order valence-electron chi connectivity index (χ4n) is 3.02. The van der Waals surface area contributed by atoms with Gasteiger partial charge in [0.2, 0.25) is 5.91 Å². The van der Waals surface area contributed by atoms with Crippen molar-refractivity contribution >= 4 is 11.8 Å². The molecule has 7 nitrogen and oxygen atoms in total. The minimum Gasteiger partial charge on any atom is -0.382 e. The van der Waals surface area contributed by atoms with E-state index in [-0.39, 0.29) is 18.4 Å². The van der Waals surface area contributed by atoms with Crippen LogP contribution in [-0.2, 0) is 16.1 Å². The van der Waals surface area contributed by atoms with Crippen LogP contribution in [0.3, 0.4) is 0 Å². The van der Waals surface area contributed by atoms with Crippen LogP contribution in [0.2, 0.25) is 0 Å². The molecule has 2 heterocycles. The molecule has 0 spiro atoms. The molecule has 1 fully saturated rings. The van der Waals surface area contributed by atoms with Gasteiger partial charge in [-0.05, 0) is 31.5 Å². The number of H-pyrrole nitrogens is 1. The van der Waals surface area contributed by atoms with E-state index in [9.17, 15) is 9.59 Å². The Hall–Kier alpha value is -1.86. The summed E-state index contributed by atoms with van der Waals surface area (Å²) in [6, 6.07) is 3.63. The second-order valence-electron chi connectivity index (χ2n) is 5.95. The van der Waals surface area contributed by atoms with Gasteiger partial charge in [-0.2, -0.15) is 0 Å². The summed E-state index contributed by atoms with van der Waals surface area (Å²) in [6.07, 6.45) is 1.59. The number of hydrogen-bond donors (Lipinski definition) is 2. The Balaban J connectivity index is 2.15. The molecular weight excluding hydrogens is 284 g/mol. The first-order valence-corrected chi connectivity index (χ1v) is 7.34. The van der Waals surface area contributed by atoms with Crippen molar-refractivity contribution in [2.24, 2.45) is 5.73 Å². The number of nitrogens with two attached hydrogens (primary N) is 1. The van der Waals surface area contributed by atoms with Crippen LogP contribution in [0.4, 0.5) is 0 Å². The highest BCUT2D eigenvalue weighted by molar-refractivity contribution is 5.92. The first kappa shape index (κ1) is 16.5. The lowest BCUT2D eigenvalue weighted by Gasteiger charge is -2.34. The molecule has 1 aliphatic rings. The van der Waals surface area contributed by atoms with Gasteiger partial charge >= 0.3 is 0 Å². The van der Waals surface area contributed by atoms with Crippen LogP contribution in [0.25, 0.3) is 0 Å². The molecule has 0 bridgehead atoms. The molecule has 2 rings (SSSR count). The number of primary amides is 1. The second kappa shape index (κ2) is 6.50. The number of carbonyl (C=O) groups excluding carboxylic acids is 2. The van der Waals surface area contributed by atoms with Crippen molar-refractivity contribution < 1.29 is 14.3 Å². The van der Waals surface area contributed by atoms with Gasteiger partial charge in [0.1, 0.15) is 11.2 Å². The zero-order valence-electron chi connectivity index (χ0n) is 13.4. The molecule has 1 aliphatic heterocycles. The van der Waals surface area contributed by atoms with Gasteiger partial charge in [-0.25, -0.2) is 0 Å². The van der Waals surface area contributed by atoms with Crippen LogP contribution in [0.1, 0.15) is 29.0 Å². The van der Waals surface area contributed by atoms with Gasteiger partial charge in [0.25, 0.3) is 5.91 Å². The van der Waals surface area contributed by atoms with Gasteiger partial charge in [-0.3, -0.25) is 14.5 Å². The average Bonchev–Trinajstić information content (AvgIpc) is 3.07. The quantitative estimate of drug-likeness (QED) is 0.784. The molecule has 0 saturated carbocycles. The van der Waals surface area contributed by atoms with Crippen LogP contribution in [0.5, 0.6) is 0 Å². The Morgan fingerprint density at radius 2 is 2.18 bits per heavy atom. The molecule has 122 valence electrons. The van der Waals surface area contributed by atoms with Crippen LogP contribution in [-0.4, -0.2) is 66.5 Å². The van der Waals surface area contributed by atoms with E-state index in [2.05, 4.69) is 4.98 Å². The maximum Gasteiger partial charge on any atom is 0.269 e. The van der Waals surface area contributed by atoms with Crippen LogP contribution in [0.15, 0.2) is 12.1 Å². The minimum absolute atomic E-state index is 0.0780. The summed E-state index contributed by atoms with van der Waals surface area (Å²) in [7, 11) is 4.99. The molecule has 1 atom stereocenters. The highest BCUT2D eigenvalue weighted by atomic mass is 16.5. The Bertz CT molecular complexity index is 555. The summed E-state index contributed by atoms with van der Waals surface area (Å²) in [5, 5.41) is 0. The molecule has 0 aromatic carbocycles. The number of likely N-dealkylation sites (tertiary alicyclic amines) is 1. The Morgan fingerprint density at radius 3 is 2.77 bits per heavy atom. The highest BCUT2D eigenvalue weighted by Gasteiger charge is 2.46. The van der Waals surface area contributed by atoms with Crippen molar-refractivity contribution in [1.82, 2.24) is 14.8 Å². The number of methoxy groups -OCH3 is 1. The summed E-state index contributed by atoms with van der Waals surface area (Å²) in [5.41, 5.74) is 6.29. The van der Waals surface area contributed by atoms with E-state index in [4.69, 9.17) is 10.5 Å². The number of aromatic amines is 1. The lowest BCUT2D eigenvalue weighted by atomic mass is 9.96. The molecule has 3 N–H and O–H groups in total. The molecule has 2 amide bonds. The molecule has 1 unspecified atom stereocenters. The number of amides is 2. The standard InChI is InChI=1S/C15H24N4O3/c1-18(2)13(20)12-6-5-11(17-12)9-19-8-4-7-15(19,10-22-3)14(16)21/h5-6,17H,4,7-10H2,1-3H3,(H2,16,21). The number of hydrogen-bond acceptors (Lipinski definition) is 4. The normalized spacial score (nSPS) is 22.0. The van der Waals surface area contributed by atoms with Crippen molar-refractivity contribution in [2.75, 3.05) is 34.4 Å². The Kier molecular flexibility index (Phi) is 4.87. The van der Waals surface area contributed by atoms with Gasteiger partial charge < -0.3 is 20.4 Å². The number of nitrogens with one attached hydrogen (secondary N) is 1. The number of nitrogens with zero attached hydrogens (tertiary/aromatic N) is 2. The highest BCUT2D eigenvalue weighted by Crippen LogP contribution is 2.31. The van der Waals surface area contributed by atoms with E-state index < -0.39 is 5.54 Å². The van der Waals surface area contributed by atoms with Gasteiger partial charge in [-0.1, -0.05) is 0 Å². The molecule has 1 aromatic heterocycles. The Morgan fingerprint density at radius 1 is 1.45 bits per heavy atom. The van der Waals surface area contributed by atoms with E-state index in [0.717, 1.165) is 18.7 Å². The third kappa shape index (κ3) is 3.00. The van der Waals surface area contributed by atoms with Crippen LogP contribution < -0.4 is 5.73 Å². The van der Waals surface area contributed by atoms with Gasteiger partial charge in [-0.15, -0.1) is 0 Å². The fraction of sp³-hybridized carbons (Fsp3) is 0.600. The third-order valence-electron chi connectivity index (χ3n) is 4.21. The van der Waals surface area contributed by atoms with Crippen molar-refractivity contribution in [2.45, 2.75) is 24.9 Å². The van der Waals surface area contributed by atoms with E-state index in [1.807, 2.05) is 11.0 Å². The number of ether oxygens (including phenoxy) is 1. The molecule has 7 heteroatoms. The maximum absolute atomic E-state index is 11.9. The predicted octanol–water partition coefficient (Wildman–Crippen LogP) is 0.183. The van der Waals surface area contributed by atoms with Gasteiger partial charge in [0, 0.05) is 33.4 Å². The second-order valence-corrected chi connectivity index (χ2v) is 5.95. The Labute approximate surface area is 130 Å². The molecule has 22 heavy (non-hydrogen) atoms. The smallest absolute Gasteiger partial charge is 0.269 e. The fourth-order valence-corrected chi connectivity index (χ4v) is 3.02. The number of rotatable bonds is 6. The summed E-state index contributed by atoms with van der Waals surface area (Å²) < 4.78 is 5.22. The van der Waals surface area contributed by atoms with E-state index >= 15 is 0 Å². The molecule has 0 aliphatic carbocycles. The minimum atomic E-state index is -0.758. The molecule has 0 radical (unpaired) electrons. The lowest BCUT2D eigenvalue weighted by molar-refractivity contribution is -0.132. The van der Waals surface area contributed by atoms with E-state index in [1.54, 1.807) is 27.3 Å². The first-order valence-electron chi connectivity index (χ1n) is 7.34. The summed E-state index contributed by atoms with van der Waals surface area (Å²) in [6.45, 7) is 1.60. The van der Waals surface area contributed by atoms with Gasteiger partial charge in [0.15, 0.2) is 0 Å². The third-order valence-corrected chi connectivity index (χ3v) is 4.21. The number of carbonyl (C=O) groups is 2. The van der Waals surface area contributed by atoms with Gasteiger partial charge in [0.05, 0.1) is 6.61 Å². The first-order chi connectivity index (χ1) is 10.4. The largest absolute Gasteiger partial charge is 0.382 e. The predicted molar refractivity (Wildman–Crippen MR) is 82.3 cm³/mol. The van der Waals surface area contributed by atoms with E-state index in [0.29, 0.717) is 18.7 Å². The summed E-state index contributed by atoms with van der Waals surface area (Å²) in [4.78, 5) is 30.5. The summed E-state index contributed by atoms with van der Waals surface area (Å²) >= 11 is 0. The average molecular weight is 308 g/mol. The molecule has 1 saturated heterocycles. The monoisotopic (exact) mass is 308 g/mol. The topological polar surface area (TPSA) is 91.7 Å². The van der Waals surface area contributed by atoms with Crippen LogP contribution >= 0.6 is 0 Å². The van der Waals surface area contributed by atoms with Crippen LogP contribution in [0, 0.1) is 0 Å². The molecule has 1 aromatic rings. The zero-order chi connectivity index (χ0) is 16.3. The SMILES string of the molecule is COCC1(C(N)=O)CCCN1Cc1ccc(C(=O)N(C)C)[nH]1. The molecular formula is C15H24N4O3. The maximum atomic E-state index is 11.9.